The molecule has 1 saturated carbocycles. The summed E-state index contributed by atoms with van der Waals surface area (Å²) in [6.45, 7) is 11.2. The van der Waals surface area contributed by atoms with E-state index in [4.69, 9.17) is 15.2 Å². The molecule has 1 aliphatic heterocycles. The molecule has 3 amide bonds. The number of nitrogens with one attached hydrogen (secondary N) is 3. The van der Waals surface area contributed by atoms with E-state index in [1.807, 2.05) is 63.4 Å². The van der Waals surface area contributed by atoms with Crippen molar-refractivity contribution >= 4 is 29.4 Å². The molecule has 2 aliphatic rings. The van der Waals surface area contributed by atoms with E-state index in [2.05, 4.69) is 41.1 Å². The number of aromatic nitrogens is 5. The van der Waals surface area contributed by atoms with Gasteiger partial charge in [-0.2, -0.15) is 5.21 Å². The van der Waals surface area contributed by atoms with Crippen molar-refractivity contribution in [3.05, 3.63) is 72.4 Å². The molecule has 292 valence electrons. The van der Waals surface area contributed by atoms with Crippen molar-refractivity contribution in [2.45, 2.75) is 64.5 Å². The van der Waals surface area contributed by atoms with Gasteiger partial charge in [-0.3, -0.25) is 19.4 Å². The number of carbonyl (C=O) groups is 3. The number of nitrogens with two attached hydrogens (primary N) is 1. The number of tetrazole rings is 1. The maximum absolute atomic E-state index is 14.5. The fourth-order valence-corrected chi connectivity index (χ4v) is 7.08. The molecule has 2 aromatic carbocycles. The molecule has 0 unspecified atom stereocenters. The Hall–Kier alpha value is -5.41. The average molecular weight is 753 g/mol. The van der Waals surface area contributed by atoms with Crippen LogP contribution in [0, 0.1) is 11.8 Å². The second-order valence-corrected chi connectivity index (χ2v) is 15.2. The molecular formula is C40H52N10O5. The second kappa shape index (κ2) is 18.3. The summed E-state index contributed by atoms with van der Waals surface area (Å²) in [6.07, 6.45) is 4.36. The van der Waals surface area contributed by atoms with Crippen molar-refractivity contribution < 1.29 is 23.9 Å². The number of nitrogens with zero attached hydrogens (tertiary/aromatic N) is 6. The van der Waals surface area contributed by atoms with E-state index in [0.717, 1.165) is 74.7 Å². The fourth-order valence-electron chi connectivity index (χ4n) is 7.08. The Morgan fingerprint density at radius 3 is 2.27 bits per heavy atom. The largest absolute Gasteiger partial charge is 0.444 e. The first-order valence-electron chi connectivity index (χ1n) is 19.0. The topological polar surface area (TPSA) is 194 Å². The Morgan fingerprint density at radius 2 is 1.65 bits per heavy atom. The zero-order valence-corrected chi connectivity index (χ0v) is 31.9. The van der Waals surface area contributed by atoms with E-state index >= 15 is 0 Å². The summed E-state index contributed by atoms with van der Waals surface area (Å²) in [5.41, 5.74) is 9.59. The average Bonchev–Trinajstić information content (AvgIpc) is 3.73. The maximum Gasteiger partial charge on any atom is 0.407 e. The van der Waals surface area contributed by atoms with Crippen molar-refractivity contribution in [2.24, 2.45) is 17.6 Å². The van der Waals surface area contributed by atoms with E-state index in [9.17, 15) is 14.4 Å². The van der Waals surface area contributed by atoms with Gasteiger partial charge in [0.1, 0.15) is 17.5 Å². The molecule has 4 aromatic rings. The summed E-state index contributed by atoms with van der Waals surface area (Å²) in [5, 5.41) is 20.5. The van der Waals surface area contributed by atoms with E-state index in [0.29, 0.717) is 36.5 Å². The van der Waals surface area contributed by atoms with Gasteiger partial charge < -0.3 is 25.8 Å². The molecule has 6 rings (SSSR count). The summed E-state index contributed by atoms with van der Waals surface area (Å²) in [5.74, 6) is 0.376. The molecule has 0 spiro atoms. The van der Waals surface area contributed by atoms with Crippen LogP contribution in [0.5, 0.6) is 0 Å². The first-order chi connectivity index (χ1) is 26.5. The van der Waals surface area contributed by atoms with Crippen LogP contribution in [0.3, 0.4) is 0 Å². The van der Waals surface area contributed by atoms with Gasteiger partial charge in [-0.1, -0.05) is 24.3 Å². The minimum Gasteiger partial charge on any atom is -0.444 e. The summed E-state index contributed by atoms with van der Waals surface area (Å²) in [6, 6.07) is 18.1. The number of primary amides is 1. The van der Waals surface area contributed by atoms with Crippen LogP contribution in [-0.2, 0) is 25.5 Å². The predicted molar refractivity (Wildman–Crippen MR) is 209 cm³/mol. The summed E-state index contributed by atoms with van der Waals surface area (Å²) in [7, 11) is 0. The molecule has 2 fully saturated rings. The molecule has 2 aromatic heterocycles. The van der Waals surface area contributed by atoms with E-state index in [1.54, 1.807) is 29.2 Å². The van der Waals surface area contributed by atoms with Gasteiger partial charge in [-0.15, -0.1) is 10.2 Å². The Morgan fingerprint density at radius 1 is 0.964 bits per heavy atom. The van der Waals surface area contributed by atoms with E-state index in [1.165, 1.54) is 0 Å². The minimum absolute atomic E-state index is 0.156. The lowest BCUT2D eigenvalue weighted by Gasteiger charge is -2.36. The first kappa shape index (κ1) is 39.3. The van der Waals surface area contributed by atoms with Gasteiger partial charge in [0.05, 0.1) is 13.2 Å². The minimum atomic E-state index is -0.939. The third-order valence-electron chi connectivity index (χ3n) is 10.1. The SMILES string of the molecule is CC(C)(C)OC(=O)NCC1CCC(C(=O)N(c2ccc(-c3nn[nH]n3)cc2)[C@@H](Cc2ccc(-c3ccc(NCCN4CCOCC4)nc3)cc2)C(N)=O)CC1. The predicted octanol–water partition coefficient (Wildman–Crippen LogP) is 4.43. The normalized spacial score (nSPS) is 18.2. The highest BCUT2D eigenvalue weighted by Crippen LogP contribution is 2.33. The molecule has 3 heterocycles. The monoisotopic (exact) mass is 752 g/mol. The molecule has 55 heavy (non-hydrogen) atoms. The number of ether oxygens (including phenoxy) is 2. The van der Waals surface area contributed by atoms with Crippen molar-refractivity contribution in [1.82, 2.24) is 35.8 Å². The molecule has 15 heteroatoms. The van der Waals surface area contributed by atoms with Crippen LogP contribution in [0.1, 0.15) is 52.0 Å². The number of alkyl carbamates (subject to hydrolysis) is 1. The van der Waals surface area contributed by atoms with Crippen LogP contribution in [0.2, 0.25) is 0 Å². The number of carbonyl (C=O) groups excluding carboxylic acids is 3. The van der Waals surface area contributed by atoms with Gasteiger partial charge in [0.2, 0.25) is 17.6 Å². The highest BCUT2D eigenvalue weighted by molar-refractivity contribution is 6.01. The van der Waals surface area contributed by atoms with Gasteiger partial charge in [0.25, 0.3) is 0 Å². The molecular weight excluding hydrogens is 701 g/mol. The molecule has 0 bridgehead atoms. The number of H-pyrrole nitrogens is 1. The number of rotatable bonds is 14. The highest BCUT2D eigenvalue weighted by Gasteiger charge is 2.36. The Labute approximate surface area is 321 Å². The Bertz CT molecular complexity index is 1830. The van der Waals surface area contributed by atoms with Crippen LogP contribution in [-0.4, -0.2) is 106 Å². The summed E-state index contributed by atoms with van der Waals surface area (Å²) >= 11 is 0. The van der Waals surface area contributed by atoms with Gasteiger partial charge in [0, 0.05) is 68.1 Å². The molecule has 1 atom stereocenters. The smallest absolute Gasteiger partial charge is 0.407 e. The van der Waals surface area contributed by atoms with E-state index in [-0.39, 0.29) is 24.2 Å². The van der Waals surface area contributed by atoms with Crippen LogP contribution in [0.4, 0.5) is 16.3 Å². The summed E-state index contributed by atoms with van der Waals surface area (Å²) < 4.78 is 10.8. The zero-order chi connectivity index (χ0) is 38.8. The molecule has 1 saturated heterocycles. The number of hydrogen-bond acceptors (Lipinski definition) is 11. The number of pyridine rings is 1. The Balaban J connectivity index is 1.13. The third-order valence-corrected chi connectivity index (χ3v) is 10.1. The van der Waals surface area contributed by atoms with E-state index < -0.39 is 23.6 Å². The van der Waals surface area contributed by atoms with Gasteiger partial charge in [0.15, 0.2) is 0 Å². The van der Waals surface area contributed by atoms with Gasteiger partial charge in [-0.25, -0.2) is 9.78 Å². The van der Waals surface area contributed by atoms with Gasteiger partial charge in [-0.05, 0) is 105 Å². The molecule has 15 nitrogen and oxygen atoms in total. The van der Waals surface area contributed by atoms with Crippen molar-refractivity contribution in [2.75, 3.05) is 56.2 Å². The molecule has 0 radical (unpaired) electrons. The third kappa shape index (κ3) is 11.1. The van der Waals surface area contributed by atoms with Crippen molar-refractivity contribution in [3.63, 3.8) is 0 Å². The molecule has 5 N–H and O–H groups in total. The first-order valence-corrected chi connectivity index (χ1v) is 19.0. The maximum atomic E-state index is 14.5. The second-order valence-electron chi connectivity index (χ2n) is 15.2. The lowest BCUT2D eigenvalue weighted by Crippen LogP contribution is -2.52. The van der Waals surface area contributed by atoms with Crippen LogP contribution < -0.4 is 21.3 Å². The van der Waals surface area contributed by atoms with Crippen LogP contribution in [0.15, 0.2) is 66.9 Å². The van der Waals surface area contributed by atoms with Crippen molar-refractivity contribution in [3.8, 4) is 22.5 Å². The summed E-state index contributed by atoms with van der Waals surface area (Å²) in [4.78, 5) is 48.5. The Kier molecular flexibility index (Phi) is 13.1. The van der Waals surface area contributed by atoms with Gasteiger partial charge >= 0.3 is 6.09 Å². The molecule has 1 aliphatic carbocycles. The lowest BCUT2D eigenvalue weighted by molar-refractivity contribution is -0.127. The quantitative estimate of drug-likeness (QED) is 0.142. The number of anilines is 2. The van der Waals surface area contributed by atoms with Crippen LogP contribution in [0.25, 0.3) is 22.5 Å². The number of morpholine rings is 1. The fraction of sp³-hybridized carbons (Fsp3) is 0.475. The standard InChI is InChI=1S/C40H52N10O5/c1-40(2,3)55-39(53)44-25-28-6-10-31(11-7-28)38(52)50(33-15-12-30(13-16-33)37-45-47-48-46-37)34(36(41)51)24-27-4-8-29(9-5-27)32-14-17-35(43-26-32)42-18-19-49-20-22-54-23-21-49/h4-5,8-9,12-17,26,28,31,34H,6-7,10-11,18-25H2,1-3H3,(H2,41,51)(H,42,43)(H,44,53)(H,45,46,47,48)/t28?,31?,34-/m0/s1. The number of amides is 3. The lowest BCUT2D eigenvalue weighted by atomic mass is 9.81. The van der Waals surface area contributed by atoms with Crippen molar-refractivity contribution in [1.29, 1.82) is 0 Å². The highest BCUT2D eigenvalue weighted by atomic mass is 16.6. The zero-order valence-electron chi connectivity index (χ0n) is 31.9. The van der Waals surface area contributed by atoms with Crippen LogP contribution >= 0.6 is 0 Å². The number of aromatic amines is 1. The number of benzene rings is 2. The number of hydrogen-bond donors (Lipinski definition) is 4.